The van der Waals surface area contributed by atoms with E-state index >= 15 is 0 Å². The van der Waals surface area contributed by atoms with E-state index in [-0.39, 0.29) is 20.4 Å². The predicted molar refractivity (Wildman–Crippen MR) is 53.7 cm³/mol. The van der Waals surface area contributed by atoms with Gasteiger partial charge in [0.05, 0.1) is 0 Å². The summed E-state index contributed by atoms with van der Waals surface area (Å²) in [7, 11) is 0. The molecule has 0 aliphatic heterocycles. The van der Waals surface area contributed by atoms with Crippen molar-refractivity contribution in [3.8, 4) is 0 Å². The summed E-state index contributed by atoms with van der Waals surface area (Å²) in [5.41, 5.74) is 5.65. The van der Waals surface area contributed by atoms with Gasteiger partial charge in [0.1, 0.15) is 0 Å². The molecular weight excluding hydrogens is 278 g/mol. The molecule has 0 aliphatic carbocycles. The van der Waals surface area contributed by atoms with Crippen molar-refractivity contribution in [3.63, 3.8) is 0 Å². The molecule has 0 fully saturated rings. The second kappa shape index (κ2) is 3.99. The minimum atomic E-state index is 0.0245. The number of aryl methyl sites for hydroxylation is 2. The number of rotatable bonds is 3. The van der Waals surface area contributed by atoms with Crippen molar-refractivity contribution in [2.45, 2.75) is 13.0 Å². The van der Waals surface area contributed by atoms with Gasteiger partial charge in [-0.15, -0.1) is 0 Å². The number of imidazole rings is 1. The van der Waals surface area contributed by atoms with Crippen LogP contribution in [0.4, 0.5) is 5.95 Å². The fraction of sp³-hybridized carbons (Fsp3) is 0.222. The molecule has 2 heterocycles. The van der Waals surface area contributed by atoms with Crippen LogP contribution >= 0.6 is 0 Å². The third kappa shape index (κ3) is 2.14. The maximum atomic E-state index is 5.65. The molecule has 3 nitrogen and oxygen atoms in total. The number of aromatic nitrogens is 2. The van der Waals surface area contributed by atoms with Gasteiger partial charge in [-0.25, -0.2) is 0 Å². The Kier molecular flexibility index (Phi) is 2.72. The van der Waals surface area contributed by atoms with E-state index in [0.29, 0.717) is 5.95 Å². The van der Waals surface area contributed by atoms with Crippen molar-refractivity contribution in [3.05, 3.63) is 32.2 Å². The van der Waals surface area contributed by atoms with E-state index in [2.05, 4.69) is 21.2 Å². The van der Waals surface area contributed by atoms with Crippen molar-refractivity contribution >= 4 is 26.4 Å². The van der Waals surface area contributed by atoms with Gasteiger partial charge in [0.2, 0.25) is 0 Å². The van der Waals surface area contributed by atoms with E-state index in [9.17, 15) is 0 Å². The Hall–Kier alpha value is -0.720. The van der Waals surface area contributed by atoms with E-state index in [1.165, 1.54) is 0 Å². The van der Waals surface area contributed by atoms with E-state index in [1.54, 1.807) is 9.78 Å². The molecule has 0 saturated carbocycles. The molecule has 0 unspecified atom stereocenters. The van der Waals surface area contributed by atoms with Crippen molar-refractivity contribution in [2.75, 3.05) is 5.73 Å². The fourth-order valence-electron chi connectivity index (χ4n) is 1.22. The Bertz CT molecular complexity index is 364. The van der Waals surface area contributed by atoms with Crippen LogP contribution in [-0.4, -0.2) is 30.0 Å². The molecule has 0 saturated heterocycles. The topological polar surface area (TPSA) is 43.8 Å². The van der Waals surface area contributed by atoms with Crippen LogP contribution in [0.3, 0.4) is 0 Å². The molecule has 0 bridgehead atoms. The molecule has 0 spiro atoms. The molecular formula is C9H11N3Te. The third-order valence-corrected chi connectivity index (χ3v) is 4.60. The van der Waals surface area contributed by atoms with E-state index < -0.39 is 0 Å². The summed E-state index contributed by atoms with van der Waals surface area (Å²) >= 11 is 0.0245. The van der Waals surface area contributed by atoms with Crippen LogP contribution in [0.15, 0.2) is 28.6 Å². The molecule has 13 heavy (non-hydrogen) atoms. The molecule has 4 heteroatoms. The molecule has 0 aromatic carbocycles. The monoisotopic (exact) mass is 291 g/mol. The molecule has 68 valence electrons. The van der Waals surface area contributed by atoms with E-state index in [4.69, 9.17) is 5.73 Å². The SMILES string of the molecule is Nc1nccn1CCc1ccc[te]1. The van der Waals surface area contributed by atoms with E-state index in [1.807, 2.05) is 10.8 Å². The van der Waals surface area contributed by atoms with Crippen LogP contribution in [0, 0.1) is 0 Å². The third-order valence-electron chi connectivity index (χ3n) is 1.93. The number of anilines is 1. The van der Waals surface area contributed by atoms with Gasteiger partial charge in [0.25, 0.3) is 0 Å². The maximum absolute atomic E-state index is 5.65. The molecule has 0 atom stereocenters. The Labute approximate surface area is 86.8 Å². The summed E-state index contributed by atoms with van der Waals surface area (Å²) in [6.07, 6.45) is 4.79. The zero-order valence-electron chi connectivity index (χ0n) is 7.18. The van der Waals surface area contributed by atoms with Gasteiger partial charge in [-0.2, -0.15) is 0 Å². The first-order chi connectivity index (χ1) is 6.36. The van der Waals surface area contributed by atoms with Crippen LogP contribution < -0.4 is 5.73 Å². The number of nitrogens with two attached hydrogens (primary N) is 1. The Morgan fingerprint density at radius 1 is 1.54 bits per heavy atom. The van der Waals surface area contributed by atoms with Gasteiger partial charge < -0.3 is 0 Å². The van der Waals surface area contributed by atoms with Gasteiger partial charge in [0, 0.05) is 0 Å². The van der Waals surface area contributed by atoms with Gasteiger partial charge in [-0.1, -0.05) is 0 Å². The fourth-order valence-corrected chi connectivity index (χ4v) is 3.21. The first-order valence-electron chi connectivity index (χ1n) is 4.15. The summed E-state index contributed by atoms with van der Waals surface area (Å²) in [6.45, 7) is 0.962. The van der Waals surface area contributed by atoms with Gasteiger partial charge in [-0.3, -0.25) is 0 Å². The Morgan fingerprint density at radius 2 is 2.46 bits per heavy atom. The van der Waals surface area contributed by atoms with Crippen molar-refractivity contribution in [1.29, 1.82) is 0 Å². The average molecular weight is 289 g/mol. The molecule has 2 aromatic rings. The average Bonchev–Trinajstić information content (AvgIpc) is 2.72. The van der Waals surface area contributed by atoms with Crippen LogP contribution in [0.2, 0.25) is 0 Å². The van der Waals surface area contributed by atoms with Gasteiger partial charge >= 0.3 is 86.8 Å². The predicted octanol–water partition coefficient (Wildman–Crippen LogP) is 0.765. The molecule has 0 aliphatic rings. The Morgan fingerprint density at radius 3 is 3.08 bits per heavy atom. The summed E-state index contributed by atoms with van der Waals surface area (Å²) < 4.78 is 5.89. The normalized spacial score (nSPS) is 10.5. The molecule has 2 aromatic heterocycles. The zero-order valence-corrected chi connectivity index (χ0v) is 9.51. The minimum absolute atomic E-state index is 0.0245. The Balaban J connectivity index is 1.97. The quantitative estimate of drug-likeness (QED) is 0.848. The van der Waals surface area contributed by atoms with E-state index in [0.717, 1.165) is 13.0 Å². The second-order valence-electron chi connectivity index (χ2n) is 2.81. The van der Waals surface area contributed by atoms with Crippen molar-refractivity contribution < 1.29 is 0 Å². The molecule has 2 N–H and O–H groups in total. The van der Waals surface area contributed by atoms with Crippen LogP contribution in [-0.2, 0) is 13.0 Å². The summed E-state index contributed by atoms with van der Waals surface area (Å²) in [5, 5.41) is 0. The number of hydrogen-bond acceptors (Lipinski definition) is 2. The summed E-state index contributed by atoms with van der Waals surface area (Å²) in [6, 6.07) is 4.39. The van der Waals surface area contributed by atoms with Crippen LogP contribution in [0.5, 0.6) is 0 Å². The van der Waals surface area contributed by atoms with Gasteiger partial charge in [-0.05, 0) is 0 Å². The van der Waals surface area contributed by atoms with Crippen LogP contribution in [0.1, 0.15) is 3.58 Å². The van der Waals surface area contributed by atoms with Crippen molar-refractivity contribution in [2.24, 2.45) is 0 Å². The molecule has 0 radical (unpaired) electrons. The molecule has 2 rings (SSSR count). The number of nitrogens with zero attached hydrogens (tertiary/aromatic N) is 2. The first kappa shape index (κ1) is 8.86. The molecule has 0 amide bonds. The second-order valence-corrected chi connectivity index (χ2v) is 5.75. The first-order valence-corrected chi connectivity index (χ1v) is 6.66. The van der Waals surface area contributed by atoms with Gasteiger partial charge in [0.15, 0.2) is 0 Å². The van der Waals surface area contributed by atoms with Crippen LogP contribution in [0.25, 0.3) is 0 Å². The summed E-state index contributed by atoms with van der Waals surface area (Å²) in [4.78, 5) is 3.98. The zero-order chi connectivity index (χ0) is 9.10. The number of hydrogen-bond donors (Lipinski definition) is 1. The number of nitrogen functional groups attached to an aromatic ring is 1. The van der Waals surface area contributed by atoms with Crippen molar-refractivity contribution in [1.82, 2.24) is 9.55 Å². The summed E-state index contributed by atoms with van der Waals surface area (Å²) in [5.74, 6) is 0.618. The standard InChI is InChI=1S/C9H11N3Te/c10-9-11-4-6-12(9)5-3-8-2-1-7-13-8/h1-2,4,6-7H,3,5H2,(H2,10,11).